The molecule has 2 rings (SSSR count). The zero-order valence-corrected chi connectivity index (χ0v) is 9.84. The van der Waals surface area contributed by atoms with Crippen LogP contribution < -0.4 is 9.47 Å². The first-order valence-electron chi connectivity index (χ1n) is 5.37. The molecule has 20 heavy (non-hydrogen) atoms. The maximum absolute atomic E-state index is 12.3. The third-order valence-electron chi connectivity index (χ3n) is 2.23. The summed E-state index contributed by atoms with van der Waals surface area (Å²) in [4.78, 5) is 7.26. The fraction of sp³-hybridized carbons (Fsp3) is 0.167. The quantitative estimate of drug-likeness (QED) is 0.791. The van der Waals surface area contributed by atoms with Gasteiger partial charge >= 0.3 is 13.2 Å². The van der Waals surface area contributed by atoms with Crippen molar-refractivity contribution in [3.63, 3.8) is 0 Å². The Morgan fingerprint density at radius 3 is 2.35 bits per heavy atom. The van der Waals surface area contributed by atoms with E-state index in [1.165, 1.54) is 36.7 Å². The molecule has 0 bridgehead atoms. The lowest BCUT2D eigenvalue weighted by molar-refractivity contribution is -0.0529. The van der Waals surface area contributed by atoms with Gasteiger partial charge in [0, 0.05) is 24.0 Å². The number of hydrogen-bond donors (Lipinski definition) is 0. The first-order chi connectivity index (χ1) is 9.56. The topological polar surface area (TPSA) is 44.2 Å². The predicted molar refractivity (Wildman–Crippen MR) is 60.7 cm³/mol. The molecular formula is C12H8F4N2O2. The standard InChI is InChI=1S/C12H8F4N2O2/c13-11(14)19-9-6-7(3-5-17-9)8-2-1-4-18-10(8)20-12(15)16/h1-6,11-12H. The van der Waals surface area contributed by atoms with E-state index in [9.17, 15) is 17.6 Å². The van der Waals surface area contributed by atoms with Gasteiger partial charge in [0.25, 0.3) is 0 Å². The van der Waals surface area contributed by atoms with Crippen LogP contribution in [0.2, 0.25) is 0 Å². The molecule has 0 saturated heterocycles. The van der Waals surface area contributed by atoms with Crippen LogP contribution in [0.25, 0.3) is 11.1 Å². The van der Waals surface area contributed by atoms with Crippen LogP contribution in [0.4, 0.5) is 17.6 Å². The average Bonchev–Trinajstić information content (AvgIpc) is 2.38. The van der Waals surface area contributed by atoms with E-state index in [2.05, 4.69) is 19.4 Å². The minimum atomic E-state index is -3.04. The second-order valence-corrected chi connectivity index (χ2v) is 3.50. The number of alkyl halides is 4. The minimum Gasteiger partial charge on any atom is -0.417 e. The lowest BCUT2D eigenvalue weighted by atomic mass is 10.1. The number of nitrogens with zero attached hydrogens (tertiary/aromatic N) is 2. The SMILES string of the molecule is FC(F)Oc1cc(-c2cccnc2OC(F)F)ccn1. The zero-order chi connectivity index (χ0) is 14.5. The van der Waals surface area contributed by atoms with Crippen LogP contribution in [0.3, 0.4) is 0 Å². The number of aromatic nitrogens is 2. The second kappa shape index (κ2) is 6.18. The summed E-state index contributed by atoms with van der Waals surface area (Å²) in [7, 11) is 0. The summed E-state index contributed by atoms with van der Waals surface area (Å²) >= 11 is 0. The van der Waals surface area contributed by atoms with E-state index in [4.69, 9.17) is 0 Å². The lowest BCUT2D eigenvalue weighted by Crippen LogP contribution is -2.05. The largest absolute Gasteiger partial charge is 0.417 e. The number of ether oxygens (including phenoxy) is 2. The van der Waals surface area contributed by atoms with Gasteiger partial charge in [-0.3, -0.25) is 0 Å². The molecule has 0 aliphatic carbocycles. The third kappa shape index (κ3) is 3.56. The molecule has 0 fully saturated rings. The van der Waals surface area contributed by atoms with Crippen LogP contribution in [0.15, 0.2) is 36.7 Å². The molecule has 2 aromatic heterocycles. The van der Waals surface area contributed by atoms with Crippen molar-refractivity contribution in [1.82, 2.24) is 9.97 Å². The Bertz CT molecular complexity index is 581. The van der Waals surface area contributed by atoms with E-state index in [0.29, 0.717) is 5.56 Å². The molecule has 0 aliphatic rings. The molecule has 0 aliphatic heterocycles. The van der Waals surface area contributed by atoms with Crippen LogP contribution in [0.1, 0.15) is 0 Å². The van der Waals surface area contributed by atoms with Crippen LogP contribution in [0, 0.1) is 0 Å². The number of rotatable bonds is 5. The van der Waals surface area contributed by atoms with Gasteiger partial charge in [-0.25, -0.2) is 9.97 Å². The van der Waals surface area contributed by atoms with Gasteiger partial charge < -0.3 is 9.47 Å². The van der Waals surface area contributed by atoms with Crippen molar-refractivity contribution in [3.05, 3.63) is 36.7 Å². The van der Waals surface area contributed by atoms with Crippen LogP contribution in [-0.4, -0.2) is 23.2 Å². The van der Waals surface area contributed by atoms with Crippen molar-refractivity contribution in [2.24, 2.45) is 0 Å². The van der Waals surface area contributed by atoms with E-state index in [-0.39, 0.29) is 17.3 Å². The van der Waals surface area contributed by atoms with Gasteiger partial charge in [0.05, 0.1) is 0 Å². The van der Waals surface area contributed by atoms with Crippen molar-refractivity contribution < 1.29 is 27.0 Å². The van der Waals surface area contributed by atoms with Gasteiger partial charge in [-0.15, -0.1) is 0 Å². The van der Waals surface area contributed by atoms with Gasteiger partial charge in [-0.2, -0.15) is 17.6 Å². The Labute approximate surface area is 111 Å². The van der Waals surface area contributed by atoms with E-state index in [1.807, 2.05) is 0 Å². The van der Waals surface area contributed by atoms with Gasteiger partial charge in [0.15, 0.2) is 0 Å². The second-order valence-electron chi connectivity index (χ2n) is 3.50. The molecule has 106 valence electrons. The molecule has 0 aromatic carbocycles. The molecule has 2 heterocycles. The van der Waals surface area contributed by atoms with Gasteiger partial charge in [0.1, 0.15) is 0 Å². The summed E-state index contributed by atoms with van der Waals surface area (Å²) in [6.45, 7) is -6.06. The molecule has 0 spiro atoms. The summed E-state index contributed by atoms with van der Waals surface area (Å²) in [5.41, 5.74) is 0.536. The maximum atomic E-state index is 12.3. The van der Waals surface area contributed by atoms with Crippen molar-refractivity contribution in [2.45, 2.75) is 13.2 Å². The molecule has 2 aromatic rings. The van der Waals surface area contributed by atoms with Crippen molar-refractivity contribution in [1.29, 1.82) is 0 Å². The smallest absolute Gasteiger partial charge is 0.388 e. The van der Waals surface area contributed by atoms with Gasteiger partial charge in [-0.05, 0) is 23.8 Å². The molecule has 8 heteroatoms. The first-order valence-corrected chi connectivity index (χ1v) is 5.37. The Morgan fingerprint density at radius 2 is 1.65 bits per heavy atom. The lowest BCUT2D eigenvalue weighted by Gasteiger charge is -2.10. The molecule has 0 saturated carbocycles. The Kier molecular flexibility index (Phi) is 4.34. The number of hydrogen-bond acceptors (Lipinski definition) is 4. The normalized spacial score (nSPS) is 10.9. The van der Waals surface area contributed by atoms with E-state index in [1.54, 1.807) is 0 Å². The summed E-state index contributed by atoms with van der Waals surface area (Å²) in [6.07, 6.45) is 2.49. The molecule has 0 radical (unpaired) electrons. The molecule has 0 unspecified atom stereocenters. The average molecular weight is 288 g/mol. The maximum Gasteiger partial charge on any atom is 0.388 e. The summed E-state index contributed by atoms with van der Waals surface area (Å²) in [5, 5.41) is 0. The number of pyridine rings is 2. The Morgan fingerprint density at radius 1 is 0.900 bits per heavy atom. The minimum absolute atomic E-state index is 0.217. The summed E-state index contributed by atoms with van der Waals surface area (Å²) in [6, 6.07) is 5.59. The highest BCUT2D eigenvalue weighted by atomic mass is 19.3. The van der Waals surface area contributed by atoms with Gasteiger partial charge in [-0.1, -0.05) is 0 Å². The molecular weight excluding hydrogens is 280 g/mol. The Hall–Kier alpha value is -2.38. The van der Waals surface area contributed by atoms with Gasteiger partial charge in [0.2, 0.25) is 11.8 Å². The third-order valence-corrected chi connectivity index (χ3v) is 2.23. The fourth-order valence-corrected chi connectivity index (χ4v) is 1.52. The van der Waals surface area contributed by atoms with Crippen molar-refractivity contribution >= 4 is 0 Å². The van der Waals surface area contributed by atoms with Crippen molar-refractivity contribution in [2.75, 3.05) is 0 Å². The predicted octanol–water partition coefficient (Wildman–Crippen LogP) is 3.35. The van der Waals surface area contributed by atoms with E-state index in [0.717, 1.165) is 0 Å². The highest BCUT2D eigenvalue weighted by Crippen LogP contribution is 2.30. The number of halogens is 4. The fourth-order valence-electron chi connectivity index (χ4n) is 1.52. The monoisotopic (exact) mass is 288 g/mol. The molecule has 0 N–H and O–H groups in total. The van der Waals surface area contributed by atoms with E-state index < -0.39 is 13.2 Å². The molecule has 4 nitrogen and oxygen atoms in total. The highest BCUT2D eigenvalue weighted by Gasteiger charge is 2.14. The van der Waals surface area contributed by atoms with Crippen LogP contribution in [-0.2, 0) is 0 Å². The molecule has 0 amide bonds. The first kappa shape index (κ1) is 14.0. The molecule has 0 atom stereocenters. The van der Waals surface area contributed by atoms with E-state index >= 15 is 0 Å². The van der Waals surface area contributed by atoms with Crippen LogP contribution >= 0.6 is 0 Å². The Balaban J connectivity index is 2.36. The van der Waals surface area contributed by atoms with Crippen molar-refractivity contribution in [3.8, 4) is 22.9 Å². The zero-order valence-electron chi connectivity index (χ0n) is 9.84. The highest BCUT2D eigenvalue weighted by molar-refractivity contribution is 5.68. The van der Waals surface area contributed by atoms with Crippen LogP contribution in [0.5, 0.6) is 11.8 Å². The summed E-state index contributed by atoms with van der Waals surface area (Å²) in [5.74, 6) is -0.638. The summed E-state index contributed by atoms with van der Waals surface area (Å²) < 4.78 is 57.2.